The average Bonchev–Trinajstić information content (AvgIpc) is 3.56. The smallest absolute Gasteiger partial charge is 0.333 e. The van der Waals surface area contributed by atoms with Crippen LogP contribution in [0.5, 0.6) is 5.75 Å². The van der Waals surface area contributed by atoms with Gasteiger partial charge in [-0.2, -0.15) is 0 Å². The van der Waals surface area contributed by atoms with Gasteiger partial charge in [-0.3, -0.25) is 13.9 Å². The molecule has 4 heterocycles. The van der Waals surface area contributed by atoms with Crippen molar-refractivity contribution in [2.24, 2.45) is 0 Å². The second kappa shape index (κ2) is 10.2. The summed E-state index contributed by atoms with van der Waals surface area (Å²) in [5.74, 6) is 0.119. The second-order valence-corrected chi connectivity index (χ2v) is 10.6. The Morgan fingerprint density at radius 2 is 1.90 bits per heavy atom. The number of carbonyl (C=O) groups excluding carboxylic acids is 1. The highest BCUT2D eigenvalue weighted by Gasteiger charge is 2.39. The molecule has 0 radical (unpaired) electrons. The summed E-state index contributed by atoms with van der Waals surface area (Å²) < 4.78 is 28.0. The van der Waals surface area contributed by atoms with E-state index < -0.39 is 11.6 Å². The van der Waals surface area contributed by atoms with E-state index in [1.54, 1.807) is 25.5 Å². The van der Waals surface area contributed by atoms with Gasteiger partial charge in [0, 0.05) is 43.9 Å². The van der Waals surface area contributed by atoms with Crippen LogP contribution in [0.15, 0.2) is 78.0 Å². The Morgan fingerprint density at radius 3 is 2.67 bits per heavy atom. The second-order valence-electron chi connectivity index (χ2n) is 9.58. The van der Waals surface area contributed by atoms with E-state index in [4.69, 9.17) is 9.47 Å². The van der Waals surface area contributed by atoms with E-state index in [9.17, 15) is 14.0 Å². The first kappa shape index (κ1) is 25.1. The molecule has 1 fully saturated rings. The number of rotatable bonds is 6. The lowest BCUT2D eigenvalue weighted by Gasteiger charge is -2.43. The van der Waals surface area contributed by atoms with E-state index in [2.05, 4.69) is 16.0 Å². The molecular formula is C29H27FN4O4S. The molecule has 200 valence electrons. The van der Waals surface area contributed by atoms with Gasteiger partial charge in [-0.1, -0.05) is 41.7 Å². The van der Waals surface area contributed by atoms with Gasteiger partial charge in [0.2, 0.25) is 0 Å². The molecule has 0 saturated carbocycles. The SMILES string of the molecule is CCOC(=O)Cn1ccn(-c2cnc(N3CCC4(C=C(c5ccc(F)cc5)c5ccccc5O4)CC3)s2)c1=O. The summed E-state index contributed by atoms with van der Waals surface area (Å²) in [6.45, 7) is 3.32. The molecule has 39 heavy (non-hydrogen) atoms. The van der Waals surface area contributed by atoms with Crippen molar-refractivity contribution in [3.8, 4) is 10.8 Å². The van der Waals surface area contributed by atoms with Crippen LogP contribution in [-0.2, 0) is 16.1 Å². The maximum atomic E-state index is 13.6. The minimum absolute atomic E-state index is 0.129. The third-order valence-corrected chi connectivity index (χ3v) is 8.16. The zero-order valence-electron chi connectivity index (χ0n) is 21.4. The van der Waals surface area contributed by atoms with Crippen molar-refractivity contribution in [1.29, 1.82) is 0 Å². The molecule has 2 aromatic carbocycles. The lowest BCUT2D eigenvalue weighted by atomic mass is 9.83. The predicted octanol–water partition coefficient (Wildman–Crippen LogP) is 4.66. The minimum atomic E-state index is -0.476. The lowest BCUT2D eigenvalue weighted by Crippen LogP contribution is -2.48. The van der Waals surface area contributed by atoms with Crippen LogP contribution in [0.3, 0.4) is 0 Å². The van der Waals surface area contributed by atoms with Crippen LogP contribution in [0.4, 0.5) is 9.52 Å². The summed E-state index contributed by atoms with van der Waals surface area (Å²) in [7, 11) is 0. The summed E-state index contributed by atoms with van der Waals surface area (Å²) in [5.41, 5.74) is 2.22. The van der Waals surface area contributed by atoms with Crippen LogP contribution in [0.1, 0.15) is 30.9 Å². The number of aromatic nitrogens is 3. The molecule has 0 atom stereocenters. The minimum Gasteiger partial charge on any atom is -0.482 e. The van der Waals surface area contributed by atoms with Crippen LogP contribution in [0.2, 0.25) is 0 Å². The summed E-state index contributed by atoms with van der Waals surface area (Å²) in [6.07, 6.45) is 8.58. The van der Waals surface area contributed by atoms with Gasteiger partial charge in [-0.05, 0) is 42.3 Å². The first-order valence-electron chi connectivity index (χ1n) is 12.9. The normalized spacial score (nSPS) is 15.9. The van der Waals surface area contributed by atoms with Crippen LogP contribution in [-0.4, -0.2) is 45.4 Å². The van der Waals surface area contributed by atoms with Gasteiger partial charge in [0.1, 0.15) is 28.7 Å². The zero-order valence-corrected chi connectivity index (χ0v) is 22.2. The third kappa shape index (κ3) is 4.87. The van der Waals surface area contributed by atoms with E-state index in [0.29, 0.717) is 5.00 Å². The summed E-state index contributed by atoms with van der Waals surface area (Å²) in [5, 5.41) is 1.50. The number of anilines is 1. The Bertz CT molecular complexity index is 1600. The molecule has 0 unspecified atom stereocenters. The Kier molecular flexibility index (Phi) is 6.56. The maximum Gasteiger partial charge on any atom is 0.333 e. The highest BCUT2D eigenvalue weighted by molar-refractivity contribution is 7.18. The largest absolute Gasteiger partial charge is 0.482 e. The fourth-order valence-corrected chi connectivity index (χ4v) is 6.07. The number of imidazole rings is 1. The number of hydrogen-bond acceptors (Lipinski definition) is 7. The Balaban J connectivity index is 1.20. The zero-order chi connectivity index (χ0) is 27.0. The number of carbonyl (C=O) groups is 1. The summed E-state index contributed by atoms with van der Waals surface area (Å²) >= 11 is 1.43. The molecule has 0 aliphatic carbocycles. The van der Waals surface area contributed by atoms with Crippen molar-refractivity contribution in [3.05, 3.63) is 101 Å². The topological polar surface area (TPSA) is 78.6 Å². The number of benzene rings is 2. The molecule has 0 amide bonds. The number of hydrogen-bond donors (Lipinski definition) is 0. The number of fused-ring (bicyclic) bond motifs is 1. The van der Waals surface area contributed by atoms with Gasteiger partial charge in [-0.25, -0.2) is 14.2 Å². The molecule has 4 aromatic rings. The lowest BCUT2D eigenvalue weighted by molar-refractivity contribution is -0.143. The van der Waals surface area contributed by atoms with Crippen LogP contribution in [0, 0.1) is 5.82 Å². The molecule has 2 aromatic heterocycles. The Hall–Kier alpha value is -4.18. The van der Waals surface area contributed by atoms with Gasteiger partial charge in [0.05, 0.1) is 12.8 Å². The molecule has 6 rings (SSSR count). The van der Waals surface area contributed by atoms with E-state index in [0.717, 1.165) is 53.5 Å². The van der Waals surface area contributed by atoms with Gasteiger partial charge in [0.25, 0.3) is 0 Å². The third-order valence-electron chi connectivity index (χ3n) is 7.10. The number of thiazole rings is 1. The summed E-state index contributed by atoms with van der Waals surface area (Å²) in [4.78, 5) is 31.4. The first-order chi connectivity index (χ1) is 18.9. The number of ether oxygens (including phenoxy) is 2. The van der Waals surface area contributed by atoms with E-state index >= 15 is 0 Å². The molecule has 1 saturated heterocycles. The first-order valence-corrected chi connectivity index (χ1v) is 13.7. The molecule has 2 aliphatic rings. The standard InChI is InChI=1S/C29H27FN4O4S/c1-2-37-26(35)19-33-15-16-34(28(33)36)25-18-31-27(39-25)32-13-11-29(12-14-32)17-23(20-7-9-21(30)10-8-20)22-5-3-4-6-24(22)38-29/h3-10,15-18H,2,11-14,19H2,1H3. The fraction of sp³-hybridized carbons (Fsp3) is 0.276. The molecule has 1 spiro atoms. The molecule has 8 nitrogen and oxygen atoms in total. The predicted molar refractivity (Wildman–Crippen MR) is 147 cm³/mol. The number of esters is 1. The monoisotopic (exact) mass is 546 g/mol. The van der Waals surface area contributed by atoms with Crippen molar-refractivity contribution in [2.75, 3.05) is 24.6 Å². The molecule has 10 heteroatoms. The van der Waals surface area contributed by atoms with E-state index in [1.165, 1.54) is 32.6 Å². The van der Waals surface area contributed by atoms with Crippen molar-refractivity contribution >= 4 is 28.0 Å². The van der Waals surface area contributed by atoms with Crippen LogP contribution in [0.25, 0.3) is 10.6 Å². The summed E-state index contributed by atoms with van der Waals surface area (Å²) in [6, 6.07) is 14.6. The van der Waals surface area contributed by atoms with E-state index in [1.807, 2.05) is 36.4 Å². The number of para-hydroxylation sites is 1. The molecule has 2 aliphatic heterocycles. The maximum absolute atomic E-state index is 13.6. The average molecular weight is 547 g/mol. The van der Waals surface area contributed by atoms with E-state index in [-0.39, 0.29) is 24.7 Å². The highest BCUT2D eigenvalue weighted by Crippen LogP contribution is 2.44. The van der Waals surface area contributed by atoms with Crippen molar-refractivity contribution in [1.82, 2.24) is 14.1 Å². The van der Waals surface area contributed by atoms with Crippen molar-refractivity contribution in [2.45, 2.75) is 31.9 Å². The van der Waals surface area contributed by atoms with Gasteiger partial charge in [-0.15, -0.1) is 0 Å². The molecule has 0 bridgehead atoms. The molecular weight excluding hydrogens is 519 g/mol. The fourth-order valence-electron chi connectivity index (χ4n) is 5.12. The Morgan fingerprint density at radius 1 is 1.13 bits per heavy atom. The van der Waals surface area contributed by atoms with Crippen molar-refractivity contribution < 1.29 is 18.7 Å². The molecule has 0 N–H and O–H groups in total. The van der Waals surface area contributed by atoms with Gasteiger partial charge >= 0.3 is 11.7 Å². The Labute approximate surface area is 228 Å². The quantitative estimate of drug-likeness (QED) is 0.328. The van der Waals surface area contributed by atoms with Crippen molar-refractivity contribution in [3.63, 3.8) is 0 Å². The number of piperidine rings is 1. The van der Waals surface area contributed by atoms with Crippen LogP contribution >= 0.6 is 11.3 Å². The van der Waals surface area contributed by atoms with Gasteiger partial charge < -0.3 is 14.4 Å². The highest BCUT2D eigenvalue weighted by atomic mass is 32.1. The number of nitrogens with zero attached hydrogens (tertiary/aromatic N) is 4. The van der Waals surface area contributed by atoms with Crippen LogP contribution < -0.4 is 15.3 Å². The van der Waals surface area contributed by atoms with Gasteiger partial charge in [0.15, 0.2) is 5.13 Å². The number of halogens is 1.